The molecule has 0 aliphatic heterocycles. The molecule has 25 heavy (non-hydrogen) atoms. The van der Waals surface area contributed by atoms with Gasteiger partial charge in [-0.25, -0.2) is 9.98 Å². The van der Waals surface area contributed by atoms with Crippen molar-refractivity contribution in [2.45, 2.75) is 0 Å². The highest BCUT2D eigenvalue weighted by Gasteiger charge is 2.02. The van der Waals surface area contributed by atoms with Crippen molar-refractivity contribution >= 4 is 35.5 Å². The van der Waals surface area contributed by atoms with E-state index in [0.29, 0.717) is 11.7 Å². The van der Waals surface area contributed by atoms with E-state index < -0.39 is 0 Å². The number of rotatable bonds is 4. The molecule has 0 aliphatic rings. The highest BCUT2D eigenvalue weighted by atomic mass is 35.5. The second-order valence-electron chi connectivity index (χ2n) is 5.24. The normalized spacial score (nSPS) is 11.7. The molecule has 3 aromatic carbocycles. The molecule has 0 atom stereocenters. The Morgan fingerprint density at radius 2 is 0.840 bits per heavy atom. The van der Waals surface area contributed by atoms with E-state index in [9.17, 15) is 0 Å². The maximum atomic E-state index is 6.07. The number of nitrogens with two attached hydrogens (primary N) is 2. The van der Waals surface area contributed by atoms with Crippen molar-refractivity contribution in [2.24, 2.45) is 21.5 Å². The minimum absolute atomic E-state index is 0. The van der Waals surface area contributed by atoms with Gasteiger partial charge in [-0.3, -0.25) is 0 Å². The number of hydrogen-bond acceptors (Lipinski definition) is 2. The quantitative estimate of drug-likeness (QED) is 0.547. The number of halogens is 1. The summed E-state index contributed by atoms with van der Waals surface area (Å²) in [5.41, 5.74) is 15.5. The summed E-state index contributed by atoms with van der Waals surface area (Å²) in [4.78, 5) is 8.81. The minimum atomic E-state index is 0. The molecule has 0 bridgehead atoms. The first-order chi connectivity index (χ1) is 11.7. The lowest BCUT2D eigenvalue weighted by atomic mass is 10.1. The molecule has 0 fully saturated rings. The zero-order valence-corrected chi connectivity index (χ0v) is 14.4. The Morgan fingerprint density at radius 3 is 1.16 bits per heavy atom. The van der Waals surface area contributed by atoms with Gasteiger partial charge in [0.25, 0.3) is 0 Å². The molecule has 0 aromatic heterocycles. The molecule has 4 N–H and O–H groups in total. The van der Waals surface area contributed by atoms with E-state index in [1.165, 1.54) is 0 Å². The molecule has 0 unspecified atom stereocenters. The second-order valence-corrected chi connectivity index (χ2v) is 5.24. The topological polar surface area (TPSA) is 76.8 Å². The Balaban J connectivity index is 0.00000225. The van der Waals surface area contributed by atoms with Crippen molar-refractivity contribution in [3.05, 3.63) is 96.1 Å². The van der Waals surface area contributed by atoms with Crippen molar-refractivity contribution in [3.63, 3.8) is 0 Å². The Morgan fingerprint density at radius 1 is 0.520 bits per heavy atom. The number of nitrogens with zero attached hydrogens (tertiary/aromatic N) is 2. The summed E-state index contributed by atoms with van der Waals surface area (Å²) in [7, 11) is 0. The third-order valence-corrected chi connectivity index (χ3v) is 3.49. The fourth-order valence-electron chi connectivity index (χ4n) is 2.22. The lowest BCUT2D eigenvalue weighted by molar-refractivity contribution is 1.43. The number of hydrogen-bond donors (Lipinski definition) is 2. The molecule has 126 valence electrons. The van der Waals surface area contributed by atoms with Gasteiger partial charge in [0.15, 0.2) is 0 Å². The van der Waals surface area contributed by atoms with Crippen LogP contribution in [0.3, 0.4) is 0 Å². The SMILES string of the molecule is Cl.NC(=Nc1ccccc1)c1ccc(C(N)=Nc2ccccc2)cc1. The molecule has 5 heteroatoms. The van der Waals surface area contributed by atoms with Gasteiger partial charge in [0.05, 0.1) is 11.4 Å². The van der Waals surface area contributed by atoms with Gasteiger partial charge in [0.2, 0.25) is 0 Å². The second kappa shape index (κ2) is 8.66. The van der Waals surface area contributed by atoms with E-state index in [4.69, 9.17) is 11.5 Å². The summed E-state index contributed by atoms with van der Waals surface area (Å²) in [5, 5.41) is 0. The van der Waals surface area contributed by atoms with E-state index in [1.54, 1.807) is 0 Å². The Hall–Kier alpha value is -3.11. The van der Waals surface area contributed by atoms with Gasteiger partial charge in [0, 0.05) is 11.1 Å². The zero-order valence-electron chi connectivity index (χ0n) is 13.5. The highest BCUT2D eigenvalue weighted by molar-refractivity contribution is 6.02. The smallest absolute Gasteiger partial charge is 0.131 e. The lowest BCUT2D eigenvalue weighted by Crippen LogP contribution is -2.15. The molecule has 3 rings (SSSR count). The molecular formula is C20H19ClN4. The van der Waals surface area contributed by atoms with Crippen molar-refractivity contribution < 1.29 is 0 Å². The maximum absolute atomic E-state index is 6.07. The monoisotopic (exact) mass is 350 g/mol. The molecule has 0 saturated heterocycles. The molecule has 0 saturated carbocycles. The number of para-hydroxylation sites is 2. The highest BCUT2D eigenvalue weighted by Crippen LogP contribution is 2.14. The van der Waals surface area contributed by atoms with Crippen LogP contribution < -0.4 is 11.5 Å². The minimum Gasteiger partial charge on any atom is -0.383 e. The Labute approximate surface area is 153 Å². The van der Waals surface area contributed by atoms with Gasteiger partial charge in [-0.15, -0.1) is 12.4 Å². The first kappa shape index (κ1) is 18.2. The van der Waals surface area contributed by atoms with Gasteiger partial charge in [0.1, 0.15) is 11.7 Å². The summed E-state index contributed by atoms with van der Waals surface area (Å²) >= 11 is 0. The van der Waals surface area contributed by atoms with Crippen LogP contribution in [0.1, 0.15) is 11.1 Å². The molecule has 0 aliphatic carbocycles. The fraction of sp³-hybridized carbons (Fsp3) is 0. The predicted octanol–water partition coefficient (Wildman–Crippen LogP) is 4.18. The van der Waals surface area contributed by atoms with Crippen molar-refractivity contribution in [1.82, 2.24) is 0 Å². The number of aliphatic imine (C=N–C) groups is 2. The van der Waals surface area contributed by atoms with Crippen LogP contribution in [0.4, 0.5) is 11.4 Å². The van der Waals surface area contributed by atoms with Crippen LogP contribution in [0.25, 0.3) is 0 Å². The van der Waals surface area contributed by atoms with E-state index in [-0.39, 0.29) is 12.4 Å². The summed E-state index contributed by atoms with van der Waals surface area (Å²) < 4.78 is 0. The van der Waals surface area contributed by atoms with Gasteiger partial charge < -0.3 is 11.5 Å². The van der Waals surface area contributed by atoms with Crippen LogP contribution in [-0.4, -0.2) is 11.7 Å². The van der Waals surface area contributed by atoms with Gasteiger partial charge in [-0.1, -0.05) is 60.7 Å². The average Bonchev–Trinajstić information content (AvgIpc) is 2.63. The van der Waals surface area contributed by atoms with Crippen LogP contribution >= 0.6 is 12.4 Å². The predicted molar refractivity (Wildman–Crippen MR) is 107 cm³/mol. The van der Waals surface area contributed by atoms with E-state index >= 15 is 0 Å². The molecule has 0 amide bonds. The van der Waals surface area contributed by atoms with Gasteiger partial charge in [-0.2, -0.15) is 0 Å². The number of amidine groups is 2. The van der Waals surface area contributed by atoms with Crippen molar-refractivity contribution in [3.8, 4) is 0 Å². The summed E-state index contributed by atoms with van der Waals surface area (Å²) in [6.07, 6.45) is 0. The molecule has 4 nitrogen and oxygen atoms in total. The molecular weight excluding hydrogens is 332 g/mol. The van der Waals surface area contributed by atoms with Crippen LogP contribution in [-0.2, 0) is 0 Å². The first-order valence-corrected chi connectivity index (χ1v) is 7.61. The summed E-state index contributed by atoms with van der Waals surface area (Å²) in [6, 6.07) is 26.8. The molecule has 0 spiro atoms. The Bertz CT molecular complexity index is 783. The van der Waals surface area contributed by atoms with Gasteiger partial charge in [-0.05, 0) is 24.3 Å². The molecule has 0 radical (unpaired) electrons. The summed E-state index contributed by atoms with van der Waals surface area (Å²) in [5.74, 6) is 0.928. The molecule has 3 aromatic rings. The maximum Gasteiger partial charge on any atom is 0.131 e. The fourth-order valence-corrected chi connectivity index (χ4v) is 2.22. The molecule has 0 heterocycles. The van der Waals surface area contributed by atoms with Crippen LogP contribution in [0.15, 0.2) is 94.9 Å². The van der Waals surface area contributed by atoms with E-state index in [2.05, 4.69) is 9.98 Å². The largest absolute Gasteiger partial charge is 0.383 e. The van der Waals surface area contributed by atoms with Crippen molar-refractivity contribution in [2.75, 3.05) is 0 Å². The van der Waals surface area contributed by atoms with Gasteiger partial charge >= 0.3 is 0 Å². The third kappa shape index (κ3) is 4.93. The number of benzene rings is 3. The lowest BCUT2D eigenvalue weighted by Gasteiger charge is -2.04. The van der Waals surface area contributed by atoms with Crippen LogP contribution in [0.2, 0.25) is 0 Å². The van der Waals surface area contributed by atoms with Crippen LogP contribution in [0.5, 0.6) is 0 Å². The third-order valence-electron chi connectivity index (χ3n) is 3.49. The first-order valence-electron chi connectivity index (χ1n) is 7.61. The zero-order chi connectivity index (χ0) is 16.8. The van der Waals surface area contributed by atoms with E-state index in [1.807, 2.05) is 84.9 Å². The van der Waals surface area contributed by atoms with E-state index in [0.717, 1.165) is 22.5 Å². The average molecular weight is 351 g/mol. The van der Waals surface area contributed by atoms with Crippen LogP contribution in [0, 0.1) is 0 Å². The Kier molecular flexibility index (Phi) is 6.32. The summed E-state index contributed by atoms with van der Waals surface area (Å²) in [6.45, 7) is 0. The standard InChI is InChI=1S/C20H18N4.ClH/c21-19(23-17-7-3-1-4-8-17)15-11-13-16(14-12-15)20(22)24-18-9-5-2-6-10-18;/h1-14H,(H2,21,23)(H2,22,24);1H. The van der Waals surface area contributed by atoms with Crippen molar-refractivity contribution in [1.29, 1.82) is 0 Å².